The number of aromatic nitrogens is 1. The molecule has 3 rings (SSSR count). The van der Waals surface area contributed by atoms with E-state index in [1.807, 2.05) is 36.2 Å². The Morgan fingerprint density at radius 1 is 1.21 bits per heavy atom. The van der Waals surface area contributed by atoms with Crippen molar-refractivity contribution >= 4 is 28.4 Å². The van der Waals surface area contributed by atoms with Crippen LogP contribution < -0.4 is 10.1 Å². The van der Waals surface area contributed by atoms with Crippen molar-refractivity contribution in [1.29, 1.82) is 0 Å². The molecule has 0 saturated carbocycles. The van der Waals surface area contributed by atoms with Crippen LogP contribution in [0, 0.1) is 0 Å². The van der Waals surface area contributed by atoms with Gasteiger partial charge in [-0.25, -0.2) is 4.98 Å². The summed E-state index contributed by atoms with van der Waals surface area (Å²) in [5, 5.41) is 5.85. The minimum Gasteiger partial charge on any atom is -0.496 e. The maximum atomic E-state index is 5.41. The standard InChI is InChI=1S/C15H18N2OS/c1-18-14-4-2-3-13-12(14)5-8-16-15(13)17-11-6-9-19-10-7-11/h2-5,8,11H,6-7,9-10H2,1H3,(H,16,17). The third-order valence-electron chi connectivity index (χ3n) is 3.55. The molecule has 100 valence electrons. The van der Waals surface area contributed by atoms with Gasteiger partial charge >= 0.3 is 0 Å². The zero-order valence-corrected chi connectivity index (χ0v) is 11.9. The molecule has 0 spiro atoms. The molecule has 2 heterocycles. The minimum absolute atomic E-state index is 0.547. The highest BCUT2D eigenvalue weighted by Gasteiger charge is 2.15. The number of nitrogens with one attached hydrogen (secondary N) is 1. The topological polar surface area (TPSA) is 34.1 Å². The second kappa shape index (κ2) is 5.70. The van der Waals surface area contributed by atoms with E-state index in [2.05, 4.69) is 16.4 Å². The van der Waals surface area contributed by atoms with Crippen molar-refractivity contribution in [3.63, 3.8) is 0 Å². The van der Waals surface area contributed by atoms with Crippen LogP contribution in [0.15, 0.2) is 30.5 Å². The monoisotopic (exact) mass is 274 g/mol. The molecule has 19 heavy (non-hydrogen) atoms. The number of fused-ring (bicyclic) bond motifs is 1. The van der Waals surface area contributed by atoms with Crippen molar-refractivity contribution in [1.82, 2.24) is 4.98 Å². The lowest BCUT2D eigenvalue weighted by Gasteiger charge is -2.23. The normalized spacial score (nSPS) is 16.5. The van der Waals surface area contributed by atoms with Crippen LogP contribution in [0.1, 0.15) is 12.8 Å². The number of thioether (sulfide) groups is 1. The van der Waals surface area contributed by atoms with Crippen LogP contribution in [-0.2, 0) is 0 Å². The molecule has 3 nitrogen and oxygen atoms in total. The quantitative estimate of drug-likeness (QED) is 0.928. The smallest absolute Gasteiger partial charge is 0.134 e. The molecule has 1 fully saturated rings. The van der Waals surface area contributed by atoms with Gasteiger partial charge in [-0.05, 0) is 36.5 Å². The third kappa shape index (κ3) is 2.63. The highest BCUT2D eigenvalue weighted by atomic mass is 32.2. The lowest BCUT2D eigenvalue weighted by molar-refractivity contribution is 0.420. The predicted octanol–water partition coefficient (Wildman–Crippen LogP) is 3.55. The van der Waals surface area contributed by atoms with Gasteiger partial charge in [0.15, 0.2) is 0 Å². The highest BCUT2D eigenvalue weighted by Crippen LogP contribution is 2.30. The van der Waals surface area contributed by atoms with Crippen LogP contribution >= 0.6 is 11.8 Å². The fourth-order valence-corrected chi connectivity index (χ4v) is 3.61. The summed E-state index contributed by atoms with van der Waals surface area (Å²) < 4.78 is 5.41. The van der Waals surface area contributed by atoms with E-state index in [4.69, 9.17) is 4.74 Å². The number of methoxy groups -OCH3 is 1. The highest BCUT2D eigenvalue weighted by molar-refractivity contribution is 7.99. The number of pyridine rings is 1. The number of hydrogen-bond donors (Lipinski definition) is 1. The van der Waals surface area contributed by atoms with E-state index < -0.39 is 0 Å². The van der Waals surface area contributed by atoms with Gasteiger partial charge in [0.05, 0.1) is 7.11 Å². The molecule has 0 radical (unpaired) electrons. The van der Waals surface area contributed by atoms with Crippen LogP contribution in [0.4, 0.5) is 5.82 Å². The van der Waals surface area contributed by atoms with Gasteiger partial charge in [-0.3, -0.25) is 0 Å². The van der Waals surface area contributed by atoms with E-state index in [9.17, 15) is 0 Å². The molecular formula is C15H18N2OS. The van der Waals surface area contributed by atoms with Gasteiger partial charge in [0.25, 0.3) is 0 Å². The van der Waals surface area contributed by atoms with Gasteiger partial charge < -0.3 is 10.1 Å². The van der Waals surface area contributed by atoms with E-state index >= 15 is 0 Å². The molecule has 0 amide bonds. The van der Waals surface area contributed by atoms with E-state index in [1.165, 1.54) is 24.3 Å². The summed E-state index contributed by atoms with van der Waals surface area (Å²) in [5.74, 6) is 4.37. The van der Waals surface area contributed by atoms with E-state index in [0.717, 1.165) is 22.3 Å². The number of rotatable bonds is 3. The Bertz CT molecular complexity index is 567. The van der Waals surface area contributed by atoms with Gasteiger partial charge in [-0.2, -0.15) is 11.8 Å². The lowest BCUT2D eigenvalue weighted by atomic mass is 10.1. The SMILES string of the molecule is COc1cccc2c(NC3CCSCC3)nccc12. The fourth-order valence-electron chi connectivity index (χ4n) is 2.51. The Morgan fingerprint density at radius 3 is 2.84 bits per heavy atom. The molecule has 0 aliphatic carbocycles. The Hall–Kier alpha value is -1.42. The van der Waals surface area contributed by atoms with Gasteiger partial charge in [0.1, 0.15) is 11.6 Å². The van der Waals surface area contributed by atoms with E-state index in [-0.39, 0.29) is 0 Å². The summed E-state index contributed by atoms with van der Waals surface area (Å²) in [6, 6.07) is 8.67. The number of hydrogen-bond acceptors (Lipinski definition) is 4. The molecular weight excluding hydrogens is 256 g/mol. The number of anilines is 1. The molecule has 1 aliphatic heterocycles. The van der Waals surface area contributed by atoms with E-state index in [1.54, 1.807) is 7.11 Å². The van der Waals surface area contributed by atoms with Crippen molar-refractivity contribution in [2.45, 2.75) is 18.9 Å². The van der Waals surface area contributed by atoms with Crippen molar-refractivity contribution in [2.24, 2.45) is 0 Å². The molecule has 0 atom stereocenters. The lowest BCUT2D eigenvalue weighted by Crippen LogP contribution is -2.25. The van der Waals surface area contributed by atoms with Crippen molar-refractivity contribution < 1.29 is 4.74 Å². The molecule has 1 N–H and O–H groups in total. The molecule has 2 aromatic rings. The number of nitrogens with zero attached hydrogens (tertiary/aromatic N) is 1. The zero-order chi connectivity index (χ0) is 13.1. The summed E-state index contributed by atoms with van der Waals surface area (Å²) in [6.45, 7) is 0. The summed E-state index contributed by atoms with van der Waals surface area (Å²) in [7, 11) is 1.71. The molecule has 1 saturated heterocycles. The second-order valence-corrected chi connectivity index (χ2v) is 5.97. The molecule has 1 aromatic heterocycles. The van der Waals surface area contributed by atoms with E-state index in [0.29, 0.717) is 6.04 Å². The van der Waals surface area contributed by atoms with Gasteiger partial charge in [0, 0.05) is 23.0 Å². The molecule has 0 unspecified atom stereocenters. The van der Waals surface area contributed by atoms with Crippen LogP contribution in [0.5, 0.6) is 5.75 Å². The summed E-state index contributed by atoms with van der Waals surface area (Å²) in [5.41, 5.74) is 0. The summed E-state index contributed by atoms with van der Waals surface area (Å²) in [6.07, 6.45) is 4.28. The Balaban J connectivity index is 1.94. The first-order valence-electron chi connectivity index (χ1n) is 6.64. The zero-order valence-electron chi connectivity index (χ0n) is 11.1. The third-order valence-corrected chi connectivity index (χ3v) is 4.60. The largest absolute Gasteiger partial charge is 0.496 e. The Morgan fingerprint density at radius 2 is 2.05 bits per heavy atom. The molecule has 4 heteroatoms. The van der Waals surface area contributed by atoms with Crippen LogP contribution in [0.25, 0.3) is 10.8 Å². The minimum atomic E-state index is 0.547. The summed E-state index contributed by atoms with van der Waals surface area (Å²) >= 11 is 2.04. The first kappa shape index (κ1) is 12.6. The Kier molecular flexibility index (Phi) is 3.78. The van der Waals surface area contributed by atoms with Gasteiger partial charge in [0.2, 0.25) is 0 Å². The van der Waals surface area contributed by atoms with Crippen molar-refractivity contribution in [2.75, 3.05) is 23.9 Å². The van der Waals surface area contributed by atoms with Crippen molar-refractivity contribution in [3.8, 4) is 5.75 Å². The maximum absolute atomic E-state index is 5.41. The van der Waals surface area contributed by atoms with Gasteiger partial charge in [-0.1, -0.05) is 12.1 Å². The fraction of sp³-hybridized carbons (Fsp3) is 0.400. The predicted molar refractivity (Wildman–Crippen MR) is 82.3 cm³/mol. The first-order chi connectivity index (χ1) is 9.38. The van der Waals surface area contributed by atoms with Crippen LogP contribution in [0.2, 0.25) is 0 Å². The van der Waals surface area contributed by atoms with Crippen LogP contribution in [0.3, 0.4) is 0 Å². The summed E-state index contributed by atoms with van der Waals surface area (Å²) in [4.78, 5) is 4.50. The number of benzene rings is 1. The number of ether oxygens (including phenoxy) is 1. The Labute approximate surface area is 117 Å². The average Bonchev–Trinajstić information content (AvgIpc) is 2.48. The second-order valence-electron chi connectivity index (χ2n) is 4.75. The molecule has 1 aromatic carbocycles. The van der Waals surface area contributed by atoms with Gasteiger partial charge in [-0.15, -0.1) is 0 Å². The first-order valence-corrected chi connectivity index (χ1v) is 7.80. The van der Waals surface area contributed by atoms with Crippen LogP contribution in [-0.4, -0.2) is 29.6 Å². The molecule has 0 bridgehead atoms. The molecule has 1 aliphatic rings. The average molecular weight is 274 g/mol. The van der Waals surface area contributed by atoms with Crippen molar-refractivity contribution in [3.05, 3.63) is 30.5 Å². The maximum Gasteiger partial charge on any atom is 0.134 e.